The highest BCUT2D eigenvalue weighted by atomic mass is 16.2. The second-order valence-electron chi connectivity index (χ2n) is 8.34. The summed E-state index contributed by atoms with van der Waals surface area (Å²) in [6.07, 6.45) is 1.86. The van der Waals surface area contributed by atoms with Crippen molar-refractivity contribution in [2.24, 2.45) is 5.92 Å². The van der Waals surface area contributed by atoms with E-state index in [1.165, 1.54) is 27.7 Å². The normalized spacial score (nSPS) is 12.7. The number of hydrogen-bond acceptors (Lipinski definition) is 6. The highest BCUT2D eigenvalue weighted by Crippen LogP contribution is 2.12. The molecule has 0 aromatic rings. The Morgan fingerprint density at radius 1 is 0.567 bits per heavy atom. The molecule has 0 heterocycles. The van der Waals surface area contributed by atoms with Crippen LogP contribution in [0.5, 0.6) is 0 Å². The maximum absolute atomic E-state index is 12.4. The lowest BCUT2D eigenvalue weighted by Gasteiger charge is -2.22. The average Bonchev–Trinajstić information content (AvgIpc) is 2.56. The summed E-state index contributed by atoms with van der Waals surface area (Å²) in [5.41, 5.74) is 0. The fourth-order valence-corrected chi connectivity index (χ4v) is 3.14. The van der Waals surface area contributed by atoms with Gasteiger partial charge in [-0.15, -0.1) is 0 Å². The van der Waals surface area contributed by atoms with Crippen molar-refractivity contribution < 1.29 is 28.8 Å². The second-order valence-corrected chi connectivity index (χ2v) is 8.34. The molecule has 0 bridgehead atoms. The van der Waals surface area contributed by atoms with Gasteiger partial charge in [0.05, 0.1) is 0 Å². The standard InChI is InChI=1S/C22H36N2O6/c1-14(6-7-15(2)25)10-21(29)23-19(9-8-16(3)26)13-22(30)24-20(11-17(4)27)12-18(5)28/h14,19-20H,6-13H2,1-5H3,(H,23,29)(H,24,30). The van der Waals surface area contributed by atoms with E-state index in [0.29, 0.717) is 19.3 Å². The number of carbonyl (C=O) groups is 6. The van der Waals surface area contributed by atoms with Gasteiger partial charge in [0, 0.05) is 50.6 Å². The van der Waals surface area contributed by atoms with E-state index in [2.05, 4.69) is 10.6 Å². The third-order valence-corrected chi connectivity index (χ3v) is 4.60. The highest BCUT2D eigenvalue weighted by Gasteiger charge is 2.22. The minimum absolute atomic E-state index is 0.0201. The zero-order chi connectivity index (χ0) is 23.3. The first-order chi connectivity index (χ1) is 13.9. The van der Waals surface area contributed by atoms with E-state index in [1.807, 2.05) is 6.92 Å². The SMILES string of the molecule is CC(=O)CCC(C)CC(=O)NC(CCC(C)=O)CC(=O)NC(CC(C)=O)CC(C)=O. The molecule has 170 valence electrons. The van der Waals surface area contributed by atoms with Crippen molar-refractivity contribution in [3.05, 3.63) is 0 Å². The number of carbonyl (C=O) groups excluding carboxylic acids is 6. The fraction of sp³-hybridized carbons (Fsp3) is 0.727. The zero-order valence-corrected chi connectivity index (χ0v) is 18.8. The predicted molar refractivity (Wildman–Crippen MR) is 113 cm³/mol. The first-order valence-corrected chi connectivity index (χ1v) is 10.5. The minimum atomic E-state index is -0.580. The number of ketones is 4. The van der Waals surface area contributed by atoms with E-state index in [1.54, 1.807) is 0 Å². The van der Waals surface area contributed by atoms with Crippen molar-refractivity contribution in [1.82, 2.24) is 10.6 Å². The summed E-state index contributed by atoms with van der Waals surface area (Å²) >= 11 is 0. The smallest absolute Gasteiger partial charge is 0.222 e. The molecule has 2 amide bonds. The molecule has 0 spiro atoms. The van der Waals surface area contributed by atoms with E-state index in [9.17, 15) is 28.8 Å². The van der Waals surface area contributed by atoms with E-state index >= 15 is 0 Å². The molecule has 0 aromatic heterocycles. The number of rotatable bonds is 16. The number of Topliss-reactive ketones (excluding diaryl/α,β-unsaturated/α-hetero) is 4. The van der Waals surface area contributed by atoms with Crippen LogP contribution < -0.4 is 10.6 Å². The Morgan fingerprint density at radius 2 is 1.00 bits per heavy atom. The number of hydrogen-bond donors (Lipinski definition) is 2. The van der Waals surface area contributed by atoms with Crippen LogP contribution in [-0.2, 0) is 28.8 Å². The van der Waals surface area contributed by atoms with Gasteiger partial charge in [-0.05, 0) is 46.5 Å². The first kappa shape index (κ1) is 27.6. The van der Waals surface area contributed by atoms with Crippen LogP contribution in [0.4, 0.5) is 0 Å². The van der Waals surface area contributed by atoms with Gasteiger partial charge >= 0.3 is 0 Å². The molecule has 0 aromatic carbocycles. The summed E-state index contributed by atoms with van der Waals surface area (Å²) in [4.78, 5) is 70.0. The maximum atomic E-state index is 12.4. The third-order valence-electron chi connectivity index (χ3n) is 4.60. The molecule has 8 heteroatoms. The van der Waals surface area contributed by atoms with E-state index in [-0.39, 0.29) is 73.0 Å². The maximum Gasteiger partial charge on any atom is 0.222 e. The van der Waals surface area contributed by atoms with E-state index in [0.717, 1.165) is 0 Å². The lowest BCUT2D eigenvalue weighted by Crippen LogP contribution is -2.43. The van der Waals surface area contributed by atoms with Crippen molar-refractivity contribution in [2.45, 2.75) is 98.1 Å². The van der Waals surface area contributed by atoms with Gasteiger partial charge in [0.1, 0.15) is 23.1 Å². The number of nitrogens with one attached hydrogen (secondary N) is 2. The average molecular weight is 425 g/mol. The molecule has 0 radical (unpaired) electrons. The molecule has 2 atom stereocenters. The lowest BCUT2D eigenvalue weighted by molar-refractivity contribution is -0.126. The predicted octanol–water partition coefficient (Wildman–Crippen LogP) is 2.07. The Balaban J connectivity index is 4.88. The zero-order valence-electron chi connectivity index (χ0n) is 18.8. The summed E-state index contributed by atoms with van der Waals surface area (Å²) in [6.45, 7) is 7.62. The quantitative estimate of drug-likeness (QED) is 0.390. The summed E-state index contributed by atoms with van der Waals surface area (Å²) in [7, 11) is 0. The van der Waals surface area contributed by atoms with Gasteiger partial charge < -0.3 is 20.2 Å². The first-order valence-electron chi connectivity index (χ1n) is 10.5. The van der Waals surface area contributed by atoms with E-state index in [4.69, 9.17) is 0 Å². The van der Waals surface area contributed by atoms with Gasteiger partial charge in [-0.25, -0.2) is 0 Å². The topological polar surface area (TPSA) is 126 Å². The van der Waals surface area contributed by atoms with Crippen LogP contribution in [0, 0.1) is 5.92 Å². The lowest BCUT2D eigenvalue weighted by atomic mass is 9.99. The van der Waals surface area contributed by atoms with Gasteiger partial charge in [-0.3, -0.25) is 19.2 Å². The third kappa shape index (κ3) is 15.5. The molecule has 0 saturated heterocycles. The van der Waals surface area contributed by atoms with Crippen LogP contribution in [0.15, 0.2) is 0 Å². The molecule has 0 aliphatic carbocycles. The molecule has 8 nitrogen and oxygen atoms in total. The van der Waals surface area contributed by atoms with Crippen molar-refractivity contribution in [2.75, 3.05) is 0 Å². The molecule has 0 fully saturated rings. The molecule has 2 unspecified atom stereocenters. The Kier molecular flexibility index (Phi) is 13.4. The molecule has 0 aliphatic heterocycles. The van der Waals surface area contributed by atoms with Crippen molar-refractivity contribution in [1.29, 1.82) is 0 Å². The van der Waals surface area contributed by atoms with Crippen LogP contribution >= 0.6 is 0 Å². The van der Waals surface area contributed by atoms with Crippen LogP contribution in [0.1, 0.15) is 86.0 Å². The fourth-order valence-electron chi connectivity index (χ4n) is 3.14. The van der Waals surface area contributed by atoms with E-state index < -0.39 is 12.1 Å². The van der Waals surface area contributed by atoms with Crippen LogP contribution in [-0.4, -0.2) is 47.0 Å². The van der Waals surface area contributed by atoms with Gasteiger partial charge in [-0.2, -0.15) is 0 Å². The Hall–Kier alpha value is -2.38. The summed E-state index contributed by atoms with van der Waals surface area (Å²) in [5.74, 6) is -0.853. The second kappa shape index (κ2) is 14.6. The van der Waals surface area contributed by atoms with Gasteiger partial charge in [0.15, 0.2) is 0 Å². The molecule has 2 N–H and O–H groups in total. The Labute approximate surface area is 178 Å². The van der Waals surface area contributed by atoms with Crippen LogP contribution in [0.3, 0.4) is 0 Å². The molecule has 0 rings (SSSR count). The summed E-state index contributed by atoms with van der Waals surface area (Å²) < 4.78 is 0. The van der Waals surface area contributed by atoms with Gasteiger partial charge in [0.25, 0.3) is 0 Å². The molecule has 30 heavy (non-hydrogen) atoms. The van der Waals surface area contributed by atoms with Crippen molar-refractivity contribution in [3.63, 3.8) is 0 Å². The largest absolute Gasteiger partial charge is 0.353 e. The highest BCUT2D eigenvalue weighted by molar-refractivity contribution is 5.84. The van der Waals surface area contributed by atoms with Gasteiger partial charge in [-0.1, -0.05) is 6.92 Å². The molecular formula is C22H36N2O6. The summed E-state index contributed by atoms with van der Waals surface area (Å²) in [5, 5.41) is 5.50. The van der Waals surface area contributed by atoms with Crippen LogP contribution in [0.25, 0.3) is 0 Å². The molecular weight excluding hydrogens is 388 g/mol. The summed E-state index contributed by atoms with van der Waals surface area (Å²) in [6, 6.07) is -1.11. The van der Waals surface area contributed by atoms with Gasteiger partial charge in [0.2, 0.25) is 11.8 Å². The Morgan fingerprint density at radius 3 is 1.47 bits per heavy atom. The molecule has 0 saturated carbocycles. The number of amides is 2. The minimum Gasteiger partial charge on any atom is -0.353 e. The van der Waals surface area contributed by atoms with Crippen LogP contribution in [0.2, 0.25) is 0 Å². The molecule has 0 aliphatic rings. The van der Waals surface area contributed by atoms with Crippen molar-refractivity contribution in [3.8, 4) is 0 Å². The Bertz CT molecular complexity index is 628. The van der Waals surface area contributed by atoms with Crippen molar-refractivity contribution >= 4 is 34.9 Å². The monoisotopic (exact) mass is 424 g/mol.